The van der Waals surface area contributed by atoms with Gasteiger partial charge in [0, 0.05) is 24.8 Å². The first-order chi connectivity index (χ1) is 8.83. The van der Waals surface area contributed by atoms with Gasteiger partial charge in [0.1, 0.15) is 5.75 Å². The molecule has 0 fully saturated rings. The van der Waals surface area contributed by atoms with Crippen LogP contribution in [0.5, 0.6) is 5.75 Å². The lowest BCUT2D eigenvalue weighted by atomic mass is 9.90. The smallest absolute Gasteiger partial charge is 0.119 e. The monoisotopic (exact) mass is 242 g/mol. The number of nitrogens with two attached hydrogens (primary N) is 1. The number of nitrogens with zero attached hydrogens (tertiary/aromatic N) is 1. The average molecular weight is 242 g/mol. The number of fused-ring (bicyclic) bond motifs is 3. The van der Waals surface area contributed by atoms with Crippen molar-refractivity contribution in [2.75, 3.05) is 13.7 Å². The Balaban J connectivity index is 2.12. The van der Waals surface area contributed by atoms with Crippen molar-refractivity contribution in [3.8, 4) is 17.0 Å². The fourth-order valence-electron chi connectivity index (χ4n) is 2.78. The van der Waals surface area contributed by atoms with Gasteiger partial charge in [-0.25, -0.2) is 0 Å². The fraction of sp³-hybridized carbons (Fsp3) is 0.333. The van der Waals surface area contributed by atoms with Crippen LogP contribution in [0.1, 0.15) is 11.1 Å². The zero-order valence-electron chi connectivity index (χ0n) is 10.6. The van der Waals surface area contributed by atoms with Gasteiger partial charge < -0.3 is 15.0 Å². The zero-order valence-corrected chi connectivity index (χ0v) is 10.6. The first-order valence-corrected chi connectivity index (χ1v) is 6.39. The average Bonchev–Trinajstić information content (AvgIpc) is 2.82. The summed E-state index contributed by atoms with van der Waals surface area (Å²) in [6.07, 6.45) is 4.34. The highest BCUT2D eigenvalue weighted by Crippen LogP contribution is 2.36. The van der Waals surface area contributed by atoms with Crippen LogP contribution in [-0.4, -0.2) is 18.2 Å². The number of rotatable bonds is 3. The molecule has 0 saturated carbocycles. The number of aromatic nitrogens is 1. The van der Waals surface area contributed by atoms with E-state index in [-0.39, 0.29) is 0 Å². The minimum Gasteiger partial charge on any atom is -0.497 e. The Morgan fingerprint density at radius 1 is 1.22 bits per heavy atom. The topological polar surface area (TPSA) is 40.2 Å². The zero-order chi connectivity index (χ0) is 12.5. The Hall–Kier alpha value is -1.74. The van der Waals surface area contributed by atoms with Crippen LogP contribution < -0.4 is 10.5 Å². The van der Waals surface area contributed by atoms with Crippen molar-refractivity contribution in [1.29, 1.82) is 0 Å². The molecule has 1 aromatic carbocycles. The van der Waals surface area contributed by atoms with Crippen LogP contribution in [0.15, 0.2) is 30.5 Å². The Kier molecular flexibility index (Phi) is 2.84. The number of benzene rings is 1. The van der Waals surface area contributed by atoms with Gasteiger partial charge in [-0.1, -0.05) is 0 Å². The van der Waals surface area contributed by atoms with Gasteiger partial charge >= 0.3 is 0 Å². The molecule has 1 heterocycles. The van der Waals surface area contributed by atoms with Gasteiger partial charge in [0.05, 0.1) is 12.8 Å². The van der Waals surface area contributed by atoms with Gasteiger partial charge in [-0.2, -0.15) is 0 Å². The molecule has 18 heavy (non-hydrogen) atoms. The summed E-state index contributed by atoms with van der Waals surface area (Å²) >= 11 is 0. The molecule has 0 spiro atoms. The highest BCUT2D eigenvalue weighted by atomic mass is 16.5. The van der Waals surface area contributed by atoms with E-state index < -0.39 is 0 Å². The number of hydrogen-bond donors (Lipinski definition) is 1. The molecule has 2 aromatic rings. The molecule has 1 aromatic heterocycles. The number of methoxy groups -OCH3 is 1. The molecule has 0 aliphatic heterocycles. The molecule has 0 bridgehead atoms. The maximum Gasteiger partial charge on any atom is 0.119 e. The van der Waals surface area contributed by atoms with E-state index in [1.165, 1.54) is 22.4 Å². The van der Waals surface area contributed by atoms with Gasteiger partial charge in [0.15, 0.2) is 0 Å². The van der Waals surface area contributed by atoms with Gasteiger partial charge in [0.2, 0.25) is 0 Å². The SMILES string of the molecule is COc1ccc2c(c1)CCc1ccn(CCN)c1-2. The molecule has 3 nitrogen and oxygen atoms in total. The summed E-state index contributed by atoms with van der Waals surface area (Å²) in [5.74, 6) is 0.939. The molecule has 1 aliphatic carbocycles. The molecule has 3 rings (SSSR count). The molecular weight excluding hydrogens is 224 g/mol. The predicted molar refractivity (Wildman–Crippen MR) is 72.9 cm³/mol. The summed E-state index contributed by atoms with van der Waals surface area (Å²) in [7, 11) is 1.72. The van der Waals surface area contributed by atoms with Crippen molar-refractivity contribution < 1.29 is 4.74 Å². The first-order valence-electron chi connectivity index (χ1n) is 6.39. The quantitative estimate of drug-likeness (QED) is 0.896. The third kappa shape index (κ3) is 1.71. The molecule has 0 atom stereocenters. The summed E-state index contributed by atoms with van der Waals surface area (Å²) < 4.78 is 7.56. The second kappa shape index (κ2) is 4.50. The standard InChI is InChI=1S/C15H18N2O/c1-18-13-4-5-14-12(10-13)3-2-11-6-8-17(9-7-16)15(11)14/h4-6,8,10H,2-3,7,9,16H2,1H3. The van der Waals surface area contributed by atoms with Crippen LogP contribution >= 0.6 is 0 Å². The van der Waals surface area contributed by atoms with Crippen molar-refractivity contribution in [3.63, 3.8) is 0 Å². The highest BCUT2D eigenvalue weighted by molar-refractivity contribution is 5.71. The van der Waals surface area contributed by atoms with E-state index in [2.05, 4.69) is 29.0 Å². The van der Waals surface area contributed by atoms with Crippen LogP contribution in [0.3, 0.4) is 0 Å². The van der Waals surface area contributed by atoms with E-state index >= 15 is 0 Å². The molecule has 0 unspecified atom stereocenters. The van der Waals surface area contributed by atoms with Crippen molar-refractivity contribution >= 4 is 0 Å². The van der Waals surface area contributed by atoms with E-state index in [4.69, 9.17) is 10.5 Å². The van der Waals surface area contributed by atoms with Gasteiger partial charge in [-0.3, -0.25) is 0 Å². The van der Waals surface area contributed by atoms with Crippen molar-refractivity contribution in [2.45, 2.75) is 19.4 Å². The summed E-state index contributed by atoms with van der Waals surface area (Å²) in [6, 6.07) is 8.57. The molecule has 0 amide bonds. The Bertz CT molecular complexity index is 572. The van der Waals surface area contributed by atoms with E-state index in [1.54, 1.807) is 7.11 Å². The lowest BCUT2D eigenvalue weighted by Crippen LogP contribution is -2.12. The number of aryl methyl sites for hydroxylation is 2. The highest BCUT2D eigenvalue weighted by Gasteiger charge is 2.19. The minimum absolute atomic E-state index is 0.673. The molecule has 2 N–H and O–H groups in total. The maximum atomic E-state index is 5.68. The predicted octanol–water partition coefficient (Wildman–Crippen LogP) is 2.22. The van der Waals surface area contributed by atoms with E-state index in [9.17, 15) is 0 Å². The van der Waals surface area contributed by atoms with Crippen molar-refractivity contribution in [1.82, 2.24) is 4.57 Å². The minimum atomic E-state index is 0.673. The van der Waals surface area contributed by atoms with Gasteiger partial charge in [0.25, 0.3) is 0 Å². The van der Waals surface area contributed by atoms with Crippen molar-refractivity contribution in [2.24, 2.45) is 5.73 Å². The second-order valence-corrected chi connectivity index (χ2v) is 4.69. The fourth-order valence-corrected chi connectivity index (χ4v) is 2.78. The summed E-state index contributed by atoms with van der Waals surface area (Å²) in [5.41, 5.74) is 11.1. The largest absolute Gasteiger partial charge is 0.497 e. The Morgan fingerprint density at radius 3 is 2.83 bits per heavy atom. The summed E-state index contributed by atoms with van der Waals surface area (Å²) in [5, 5.41) is 0. The van der Waals surface area contributed by atoms with Crippen LogP contribution in [0.4, 0.5) is 0 Å². The summed E-state index contributed by atoms with van der Waals surface area (Å²) in [6.45, 7) is 1.55. The van der Waals surface area contributed by atoms with E-state index in [0.717, 1.165) is 25.1 Å². The Labute approximate surface area is 107 Å². The molecular formula is C15H18N2O. The van der Waals surface area contributed by atoms with Crippen LogP contribution in [0, 0.1) is 0 Å². The lowest BCUT2D eigenvalue weighted by molar-refractivity contribution is 0.414. The van der Waals surface area contributed by atoms with Gasteiger partial charge in [-0.15, -0.1) is 0 Å². The second-order valence-electron chi connectivity index (χ2n) is 4.69. The first kappa shape index (κ1) is 11.4. The van der Waals surface area contributed by atoms with E-state index in [0.29, 0.717) is 6.54 Å². The van der Waals surface area contributed by atoms with Crippen LogP contribution in [0.2, 0.25) is 0 Å². The van der Waals surface area contributed by atoms with Crippen LogP contribution in [-0.2, 0) is 19.4 Å². The third-order valence-corrected chi connectivity index (χ3v) is 3.65. The normalized spacial score (nSPS) is 13.0. The van der Waals surface area contributed by atoms with Gasteiger partial charge in [-0.05, 0) is 48.2 Å². The maximum absolute atomic E-state index is 5.68. The summed E-state index contributed by atoms with van der Waals surface area (Å²) in [4.78, 5) is 0. The lowest BCUT2D eigenvalue weighted by Gasteiger charge is -2.20. The number of hydrogen-bond acceptors (Lipinski definition) is 2. The molecule has 0 saturated heterocycles. The molecule has 0 radical (unpaired) electrons. The third-order valence-electron chi connectivity index (χ3n) is 3.65. The Morgan fingerprint density at radius 2 is 2.06 bits per heavy atom. The number of ether oxygens (including phenoxy) is 1. The molecule has 1 aliphatic rings. The van der Waals surface area contributed by atoms with E-state index in [1.807, 2.05) is 6.07 Å². The van der Waals surface area contributed by atoms with Crippen LogP contribution in [0.25, 0.3) is 11.3 Å². The molecule has 94 valence electrons. The molecule has 3 heteroatoms. The van der Waals surface area contributed by atoms with Crippen molar-refractivity contribution in [3.05, 3.63) is 41.6 Å².